The van der Waals surface area contributed by atoms with Gasteiger partial charge in [-0.1, -0.05) is 0 Å². The number of carbonyl (C=O) groups excluding carboxylic acids is 1. The molecular weight excluding hydrogens is 261 g/mol. The number of allylic oxidation sites excluding steroid dienone is 1. The summed E-state index contributed by atoms with van der Waals surface area (Å²) in [5.74, 6) is -0.148. The molecule has 1 heterocycles. The van der Waals surface area contributed by atoms with Gasteiger partial charge in [0.15, 0.2) is 0 Å². The normalized spacial score (nSPS) is 19.3. The second-order valence-electron chi connectivity index (χ2n) is 4.76. The van der Waals surface area contributed by atoms with E-state index in [2.05, 4.69) is 13.8 Å². The molecule has 16 heavy (non-hydrogen) atoms. The van der Waals surface area contributed by atoms with Crippen molar-refractivity contribution in [2.75, 3.05) is 6.61 Å². The molecule has 0 atom stereocenters. The van der Waals surface area contributed by atoms with E-state index in [0.29, 0.717) is 6.61 Å². The van der Waals surface area contributed by atoms with Gasteiger partial charge in [0, 0.05) is 0 Å². The minimum absolute atomic E-state index is 0.148. The van der Waals surface area contributed by atoms with Gasteiger partial charge in [0.2, 0.25) is 0 Å². The molecule has 0 aromatic rings. The fourth-order valence-electron chi connectivity index (χ4n) is 2.55. The van der Waals surface area contributed by atoms with Gasteiger partial charge in [0.25, 0.3) is 0 Å². The summed E-state index contributed by atoms with van der Waals surface area (Å²) >= 11 is -1.45. The van der Waals surface area contributed by atoms with Gasteiger partial charge in [0.1, 0.15) is 0 Å². The molecule has 3 heteroatoms. The third-order valence-electron chi connectivity index (χ3n) is 4.06. The Hall–Kier alpha value is -0.247. The molecule has 1 rings (SSSR count). The zero-order valence-electron chi connectivity index (χ0n) is 10.8. The molecule has 0 aromatic carbocycles. The molecule has 0 aliphatic carbocycles. The van der Waals surface area contributed by atoms with Crippen molar-refractivity contribution in [1.29, 1.82) is 0 Å². The molecule has 0 saturated carbocycles. The van der Waals surface area contributed by atoms with Crippen molar-refractivity contribution in [3.8, 4) is 0 Å². The third kappa shape index (κ3) is 3.65. The molecule has 0 aromatic heterocycles. The van der Waals surface area contributed by atoms with Gasteiger partial charge in [-0.3, -0.25) is 0 Å². The molecule has 0 spiro atoms. The zero-order chi connectivity index (χ0) is 12.0. The van der Waals surface area contributed by atoms with E-state index in [-0.39, 0.29) is 5.97 Å². The van der Waals surface area contributed by atoms with Crippen molar-refractivity contribution < 1.29 is 9.53 Å². The van der Waals surface area contributed by atoms with E-state index >= 15 is 0 Å². The number of hydrogen-bond acceptors (Lipinski definition) is 2. The van der Waals surface area contributed by atoms with Gasteiger partial charge in [-0.05, 0) is 0 Å². The molecule has 0 amide bonds. The molecule has 0 N–H and O–H groups in total. The van der Waals surface area contributed by atoms with Gasteiger partial charge in [-0.25, -0.2) is 0 Å². The van der Waals surface area contributed by atoms with Crippen molar-refractivity contribution in [3.05, 3.63) is 11.6 Å². The third-order valence-corrected chi connectivity index (χ3v) is 15.9. The van der Waals surface area contributed by atoms with Gasteiger partial charge in [-0.15, -0.1) is 0 Å². The summed E-state index contributed by atoms with van der Waals surface area (Å²) < 4.78 is 4.95. The molecule has 0 radical (unpaired) electrons. The predicted molar refractivity (Wildman–Crippen MR) is 70.3 cm³/mol. The van der Waals surface area contributed by atoms with E-state index in [1.165, 1.54) is 26.6 Å². The number of carbonyl (C=O) groups is 1. The van der Waals surface area contributed by atoms with E-state index in [1.54, 1.807) is 6.08 Å². The maximum absolute atomic E-state index is 11.3. The van der Waals surface area contributed by atoms with Crippen LogP contribution in [-0.2, 0) is 9.53 Å². The van der Waals surface area contributed by atoms with E-state index in [0.717, 1.165) is 12.8 Å². The van der Waals surface area contributed by atoms with Crippen molar-refractivity contribution >= 4 is 19.2 Å². The summed E-state index contributed by atoms with van der Waals surface area (Å²) in [6.45, 7) is 7.06. The summed E-state index contributed by atoms with van der Waals surface area (Å²) in [4.78, 5) is 11.3. The van der Waals surface area contributed by atoms with Gasteiger partial charge in [0.05, 0.1) is 0 Å². The summed E-state index contributed by atoms with van der Waals surface area (Å²) in [6, 6.07) is 0. The Balaban J connectivity index is 2.51. The van der Waals surface area contributed by atoms with E-state index in [1.807, 2.05) is 6.92 Å². The first kappa shape index (κ1) is 13.8. The van der Waals surface area contributed by atoms with Crippen LogP contribution in [0, 0.1) is 0 Å². The van der Waals surface area contributed by atoms with Crippen LogP contribution in [0.25, 0.3) is 0 Å². The van der Waals surface area contributed by atoms with Crippen LogP contribution in [0.5, 0.6) is 0 Å². The summed E-state index contributed by atoms with van der Waals surface area (Å²) in [5, 5.41) is 5.73. The monoisotopic (exact) mass is 286 g/mol. The zero-order valence-corrected chi connectivity index (χ0v) is 12.9. The maximum atomic E-state index is 11.3. The van der Waals surface area contributed by atoms with Gasteiger partial charge >= 0.3 is 102 Å². The molecule has 1 fully saturated rings. The van der Waals surface area contributed by atoms with Gasteiger partial charge in [-0.2, -0.15) is 0 Å². The molecule has 0 bridgehead atoms. The molecule has 92 valence electrons. The molecule has 2 nitrogen and oxygen atoms in total. The Morgan fingerprint density at radius 3 is 2.25 bits per heavy atom. The Morgan fingerprint density at radius 1 is 1.25 bits per heavy atom. The van der Waals surface area contributed by atoms with Gasteiger partial charge < -0.3 is 0 Å². The van der Waals surface area contributed by atoms with Crippen molar-refractivity contribution in [1.82, 2.24) is 0 Å². The van der Waals surface area contributed by atoms with Crippen LogP contribution in [0.2, 0.25) is 21.0 Å². The quantitative estimate of drug-likeness (QED) is 0.446. The summed E-state index contributed by atoms with van der Waals surface area (Å²) in [6.07, 6.45) is 4.04. The first-order chi connectivity index (χ1) is 7.65. The van der Waals surface area contributed by atoms with Crippen LogP contribution in [0.4, 0.5) is 0 Å². The topological polar surface area (TPSA) is 26.3 Å². The second-order valence-corrected chi connectivity index (χ2v) is 16.1. The Labute approximate surface area is 102 Å². The van der Waals surface area contributed by atoms with Crippen LogP contribution in [0.15, 0.2) is 11.6 Å². The van der Waals surface area contributed by atoms with Crippen LogP contribution in [0.1, 0.15) is 33.6 Å². The van der Waals surface area contributed by atoms with Crippen LogP contribution < -0.4 is 0 Å². The summed E-state index contributed by atoms with van der Waals surface area (Å²) in [7, 11) is 0. The van der Waals surface area contributed by atoms with Crippen LogP contribution >= 0.6 is 0 Å². The van der Waals surface area contributed by atoms with E-state index < -0.39 is 13.3 Å². The van der Waals surface area contributed by atoms with Crippen LogP contribution in [0.3, 0.4) is 0 Å². The molecule has 1 aliphatic heterocycles. The molecule has 1 saturated heterocycles. The average molecular weight is 285 g/mol. The fourth-order valence-corrected chi connectivity index (χ4v) is 10.7. The van der Waals surface area contributed by atoms with Crippen molar-refractivity contribution in [3.63, 3.8) is 0 Å². The summed E-state index contributed by atoms with van der Waals surface area (Å²) in [5.41, 5.74) is 1.32. The number of hydrogen-bond donors (Lipinski definition) is 0. The SMILES string of the molecule is CCOC(=O)C=C1C[CH2][Ge]([CH2]C)([CH2]C)[CH2]C1. The molecule has 1 aliphatic rings. The Morgan fingerprint density at radius 2 is 1.81 bits per heavy atom. The second kappa shape index (κ2) is 6.48. The Kier molecular flexibility index (Phi) is 5.59. The minimum atomic E-state index is -1.45. The molecular formula is C13H24GeO2. The number of esters is 1. The van der Waals surface area contributed by atoms with Crippen molar-refractivity contribution in [2.45, 2.75) is 54.6 Å². The standard InChI is InChI=1S/C13H24GeO2/c1-4-14(5-2)9-7-12(8-10-14)11-13(15)16-6-3/h11H,4-10H2,1-3H3. The number of ether oxygens (including phenoxy) is 1. The Bertz CT molecular complexity index is 255. The van der Waals surface area contributed by atoms with E-state index in [4.69, 9.17) is 4.74 Å². The van der Waals surface area contributed by atoms with Crippen molar-refractivity contribution in [2.24, 2.45) is 0 Å². The van der Waals surface area contributed by atoms with E-state index in [9.17, 15) is 4.79 Å². The predicted octanol–water partition coefficient (Wildman–Crippen LogP) is 3.76. The van der Waals surface area contributed by atoms with Crippen LogP contribution in [-0.4, -0.2) is 25.8 Å². The first-order valence-corrected chi connectivity index (χ1v) is 12.5. The molecule has 0 unspecified atom stereocenters. The average Bonchev–Trinajstić information content (AvgIpc) is 2.31. The fraction of sp³-hybridized carbons (Fsp3) is 0.769. The first-order valence-electron chi connectivity index (χ1n) is 6.52. The number of rotatable bonds is 4.